The lowest BCUT2D eigenvalue weighted by Gasteiger charge is -2.47. The Morgan fingerprint density at radius 1 is 0.241 bits per heavy atom. The topological polar surface area (TPSA) is 21.3 Å². The van der Waals surface area contributed by atoms with Gasteiger partial charge >= 0.3 is 0 Å². The normalized spacial score (nSPS) is 13.0. The van der Waals surface area contributed by atoms with E-state index in [9.17, 15) is 0 Å². The van der Waals surface area contributed by atoms with E-state index >= 15 is 0 Å². The minimum atomic E-state index is -0.347. The van der Waals surface area contributed by atoms with Gasteiger partial charge in [0.15, 0.2) is 0 Å². The molecule has 18 aromatic rings. The van der Waals surface area contributed by atoms with Crippen molar-refractivity contribution in [3.63, 3.8) is 0 Å². The number of anilines is 6. The molecule has 0 atom stereocenters. The van der Waals surface area contributed by atoms with Gasteiger partial charge in [-0.25, -0.2) is 0 Å². The van der Waals surface area contributed by atoms with Crippen molar-refractivity contribution in [3.05, 3.63) is 350 Å². The highest BCUT2D eigenvalue weighted by molar-refractivity contribution is 7.00. The second-order valence-electron chi connectivity index (χ2n) is 32.8. The first kappa shape index (κ1) is 64.9. The fourth-order valence-corrected chi connectivity index (χ4v) is 18.0. The predicted octanol–water partition coefficient (Wildman–Crippen LogP) is 25.6. The zero-order chi connectivity index (χ0) is 73.1. The van der Waals surface area contributed by atoms with Crippen molar-refractivity contribution in [1.29, 1.82) is 0 Å². The average Bonchev–Trinajstić information content (AvgIpc) is 0.814. The van der Waals surface area contributed by atoms with Crippen molar-refractivity contribution in [2.75, 3.05) is 9.80 Å². The van der Waals surface area contributed by atoms with Gasteiger partial charge < -0.3 is 23.5 Å². The number of nitrogens with zero attached hydrogens (tertiary/aromatic N) is 5. The summed E-state index contributed by atoms with van der Waals surface area (Å²) < 4.78 is 7.57. The van der Waals surface area contributed by atoms with Gasteiger partial charge in [-0.1, -0.05) is 293 Å². The standard InChI is InChI=1S/C102H82BN5/c1-100(2,3)69-57-80(65-33-15-10-16-34-65)97(81(58-69)66-35-17-11-18-36-66)107-91-63-73(105-86-47-29-25-43-75(86)76-44-26-30-48-87(76)105)51-54-84(91)103-85-55-52-74(106-88-49-31-27-45-77(88)78-53-56-90-95(99(78)106)79-46-28-32-50-89(79)104(90)72-41-23-14-24-42-72)64-92(85)108(94-62-71(102(7,8)9)61-93(107)96(94)103)98-82(67-37-19-12-20-38-67)59-70(101(4,5)6)60-83(98)68-39-21-13-22-40-68/h10-64H,1-9H3. The molecule has 0 bridgehead atoms. The van der Waals surface area contributed by atoms with Gasteiger partial charge in [0.1, 0.15) is 0 Å². The Balaban J connectivity index is 0.975. The van der Waals surface area contributed by atoms with Gasteiger partial charge in [0, 0.05) is 94.4 Å². The molecular weight excluding hydrogens is 1310 g/mol. The summed E-state index contributed by atoms with van der Waals surface area (Å²) in [6.45, 7) is 21.1. The van der Waals surface area contributed by atoms with Crippen LogP contribution in [0.4, 0.5) is 34.1 Å². The van der Waals surface area contributed by atoms with Crippen LogP contribution < -0.4 is 26.2 Å². The van der Waals surface area contributed by atoms with Crippen LogP contribution >= 0.6 is 0 Å². The van der Waals surface area contributed by atoms with Crippen molar-refractivity contribution >= 4 is 123 Å². The monoisotopic (exact) mass is 1390 g/mol. The molecule has 108 heavy (non-hydrogen) atoms. The van der Waals surface area contributed by atoms with Crippen LogP contribution in [-0.4, -0.2) is 20.4 Å². The van der Waals surface area contributed by atoms with Crippen molar-refractivity contribution in [3.8, 4) is 61.6 Å². The number of aromatic nitrogens is 3. The molecule has 0 radical (unpaired) electrons. The molecule has 5 nitrogen and oxygen atoms in total. The van der Waals surface area contributed by atoms with Gasteiger partial charge in [0.25, 0.3) is 6.71 Å². The summed E-state index contributed by atoms with van der Waals surface area (Å²) in [5.41, 5.74) is 33.1. The summed E-state index contributed by atoms with van der Waals surface area (Å²) in [5, 5.41) is 7.31. The van der Waals surface area contributed by atoms with Crippen LogP contribution in [0.1, 0.15) is 79.0 Å². The molecule has 0 amide bonds. The van der Waals surface area contributed by atoms with Gasteiger partial charge in [0.2, 0.25) is 0 Å². The second-order valence-corrected chi connectivity index (χ2v) is 32.8. The molecule has 518 valence electrons. The molecule has 0 unspecified atom stereocenters. The number of hydrogen-bond donors (Lipinski definition) is 0. The van der Waals surface area contributed by atoms with E-state index in [2.05, 4.69) is 419 Å². The van der Waals surface area contributed by atoms with E-state index in [0.29, 0.717) is 0 Å². The zero-order valence-corrected chi connectivity index (χ0v) is 62.6. The zero-order valence-electron chi connectivity index (χ0n) is 62.6. The fraction of sp³-hybridized carbons (Fsp3) is 0.118. The summed E-state index contributed by atoms with van der Waals surface area (Å²) in [7, 11) is 0. The van der Waals surface area contributed by atoms with Crippen LogP contribution in [0.3, 0.4) is 0 Å². The van der Waals surface area contributed by atoms with E-state index in [1.165, 1.54) is 110 Å². The molecule has 0 fully saturated rings. The van der Waals surface area contributed by atoms with E-state index in [4.69, 9.17) is 0 Å². The molecule has 0 aliphatic carbocycles. The Morgan fingerprint density at radius 2 is 0.565 bits per heavy atom. The van der Waals surface area contributed by atoms with Gasteiger partial charge in [0.05, 0.1) is 44.5 Å². The minimum Gasteiger partial charge on any atom is -0.310 e. The molecule has 0 N–H and O–H groups in total. The van der Waals surface area contributed by atoms with Gasteiger partial charge in [-0.05, 0) is 175 Å². The largest absolute Gasteiger partial charge is 0.310 e. The Labute approximate surface area is 632 Å². The van der Waals surface area contributed by atoms with E-state index in [-0.39, 0.29) is 23.0 Å². The molecule has 3 aromatic heterocycles. The Morgan fingerprint density at radius 3 is 0.972 bits per heavy atom. The fourth-order valence-electron chi connectivity index (χ4n) is 18.0. The second kappa shape index (κ2) is 24.5. The van der Waals surface area contributed by atoms with Gasteiger partial charge in [-0.15, -0.1) is 0 Å². The molecule has 6 heteroatoms. The third-order valence-electron chi connectivity index (χ3n) is 23.2. The SMILES string of the molecule is CC(C)(C)c1cc(-c2ccccc2)c(N2c3cc(-n4c5ccccc5c5ccccc54)ccc3B3c4ccc(-n5c6ccccc6c6ccc7c(c8ccccc8n7-c7ccccc7)c65)cc4N(c4c(-c5ccccc5)cc(C(C)(C)C)cc4-c4ccccc4)c4cc(C(C)(C)C)cc2c43)c(-c2ccccc2)c1. The van der Waals surface area contributed by atoms with Crippen LogP contribution in [-0.2, 0) is 16.2 Å². The molecule has 20 rings (SSSR count). The first-order chi connectivity index (χ1) is 52.5. The Hall–Kier alpha value is -12.6. The smallest absolute Gasteiger partial charge is 0.252 e. The molecule has 2 aliphatic heterocycles. The Kier molecular flexibility index (Phi) is 14.7. The lowest BCUT2D eigenvalue weighted by atomic mass is 9.33. The van der Waals surface area contributed by atoms with Crippen LogP contribution in [0.25, 0.3) is 127 Å². The van der Waals surface area contributed by atoms with E-state index in [1.807, 2.05) is 0 Å². The summed E-state index contributed by atoms with van der Waals surface area (Å²) >= 11 is 0. The van der Waals surface area contributed by atoms with Crippen molar-refractivity contribution in [2.45, 2.75) is 78.6 Å². The lowest BCUT2D eigenvalue weighted by Crippen LogP contribution is -2.61. The maximum Gasteiger partial charge on any atom is 0.252 e. The third kappa shape index (κ3) is 10.1. The first-order valence-electron chi connectivity index (χ1n) is 38.2. The third-order valence-corrected chi connectivity index (χ3v) is 23.2. The number of rotatable bonds is 9. The maximum absolute atomic E-state index is 2.75. The van der Waals surface area contributed by atoms with Crippen LogP contribution in [0, 0.1) is 0 Å². The van der Waals surface area contributed by atoms with Gasteiger partial charge in [-0.3, -0.25) is 0 Å². The predicted molar refractivity (Wildman–Crippen MR) is 461 cm³/mol. The highest BCUT2D eigenvalue weighted by Crippen LogP contribution is 2.56. The summed E-state index contributed by atoms with van der Waals surface area (Å²) in [6, 6.07) is 127. The molecule has 0 spiro atoms. The summed E-state index contributed by atoms with van der Waals surface area (Å²) in [5.74, 6) is 0. The summed E-state index contributed by atoms with van der Waals surface area (Å²) in [6.07, 6.45) is 0. The van der Waals surface area contributed by atoms with Crippen molar-refractivity contribution in [2.24, 2.45) is 0 Å². The number of fused-ring (bicyclic) bond motifs is 14. The van der Waals surface area contributed by atoms with Crippen LogP contribution in [0.15, 0.2) is 334 Å². The molecule has 0 saturated carbocycles. The molecule has 0 saturated heterocycles. The van der Waals surface area contributed by atoms with Crippen molar-refractivity contribution in [1.82, 2.24) is 13.7 Å². The highest BCUT2D eigenvalue weighted by Gasteiger charge is 2.47. The van der Waals surface area contributed by atoms with E-state index in [0.717, 1.165) is 84.5 Å². The molecule has 2 aliphatic rings. The summed E-state index contributed by atoms with van der Waals surface area (Å²) in [4.78, 5) is 5.49. The van der Waals surface area contributed by atoms with Crippen molar-refractivity contribution < 1.29 is 0 Å². The molecule has 15 aromatic carbocycles. The van der Waals surface area contributed by atoms with E-state index in [1.54, 1.807) is 0 Å². The highest BCUT2D eigenvalue weighted by atomic mass is 15.2. The van der Waals surface area contributed by atoms with Crippen LogP contribution in [0.5, 0.6) is 0 Å². The minimum absolute atomic E-state index is 0.198. The van der Waals surface area contributed by atoms with E-state index < -0.39 is 0 Å². The first-order valence-corrected chi connectivity index (χ1v) is 38.2. The number of benzene rings is 15. The Bertz CT molecular complexity index is 6490. The average molecular weight is 1390 g/mol. The molecular formula is C102H82BN5. The molecule has 5 heterocycles. The van der Waals surface area contributed by atoms with Gasteiger partial charge in [-0.2, -0.15) is 0 Å². The lowest BCUT2D eigenvalue weighted by molar-refractivity contribution is 0.590. The number of hydrogen-bond acceptors (Lipinski definition) is 2. The maximum atomic E-state index is 2.75. The quantitative estimate of drug-likeness (QED) is 0.134. The van der Waals surface area contributed by atoms with Crippen LogP contribution in [0.2, 0.25) is 0 Å². The number of para-hydroxylation sites is 5.